The summed E-state index contributed by atoms with van der Waals surface area (Å²) in [6.45, 7) is 4.09. The number of carbonyl (C=O) groups excluding carboxylic acids is 2. The van der Waals surface area contributed by atoms with E-state index in [-0.39, 0.29) is 25.0 Å². The quantitative estimate of drug-likeness (QED) is 0.684. The number of hydrogen-bond acceptors (Lipinski definition) is 6. The fourth-order valence-corrected chi connectivity index (χ4v) is 3.64. The molecule has 0 saturated heterocycles. The van der Waals surface area contributed by atoms with Crippen molar-refractivity contribution in [3.8, 4) is 17.2 Å². The monoisotopic (exact) mass is 393 g/mol. The van der Waals surface area contributed by atoms with Gasteiger partial charge in [0.15, 0.2) is 18.1 Å². The molecule has 0 bridgehead atoms. The van der Waals surface area contributed by atoms with Gasteiger partial charge < -0.3 is 24.3 Å². The largest absolute Gasteiger partial charge is 0.493 e. The molecule has 0 aromatic heterocycles. The third-order valence-corrected chi connectivity index (χ3v) is 5.49. The van der Waals surface area contributed by atoms with Crippen LogP contribution in [0, 0.1) is 11.8 Å². The summed E-state index contributed by atoms with van der Waals surface area (Å²) in [5, 5.41) is 3.00. The number of ether oxygens (including phenoxy) is 4. The van der Waals surface area contributed by atoms with E-state index < -0.39 is 5.97 Å². The third kappa shape index (κ3) is 5.53. The van der Waals surface area contributed by atoms with Crippen LogP contribution in [0.2, 0.25) is 0 Å². The maximum absolute atomic E-state index is 12.2. The summed E-state index contributed by atoms with van der Waals surface area (Å²) in [5.74, 6) is 1.64. The molecule has 1 saturated carbocycles. The molecule has 2 rings (SSSR count). The zero-order valence-corrected chi connectivity index (χ0v) is 17.4. The molecule has 1 aromatic rings. The Hall–Kier alpha value is -2.44. The molecule has 0 unspecified atom stereocenters. The van der Waals surface area contributed by atoms with Crippen LogP contribution in [0.15, 0.2) is 12.1 Å². The number of benzene rings is 1. The Morgan fingerprint density at radius 3 is 2.25 bits per heavy atom. The van der Waals surface area contributed by atoms with Gasteiger partial charge in [0.2, 0.25) is 5.75 Å². The van der Waals surface area contributed by atoms with Crippen LogP contribution in [0.3, 0.4) is 0 Å². The van der Waals surface area contributed by atoms with Gasteiger partial charge in [-0.1, -0.05) is 26.7 Å². The predicted molar refractivity (Wildman–Crippen MR) is 105 cm³/mol. The molecule has 0 radical (unpaired) electrons. The fourth-order valence-electron chi connectivity index (χ4n) is 3.64. The molecule has 28 heavy (non-hydrogen) atoms. The summed E-state index contributed by atoms with van der Waals surface area (Å²) in [7, 11) is 4.54. The molecule has 0 aliphatic heterocycles. The summed E-state index contributed by atoms with van der Waals surface area (Å²) in [5.41, 5.74) is 0.648. The second kappa shape index (κ2) is 10.2. The fraction of sp³-hybridized carbons (Fsp3) is 0.619. The smallest absolute Gasteiger partial charge is 0.310 e. The SMILES string of the molecule is COc1cc(CC(=O)OCC(=O)N[C@@H]2CCC[C@@H](C)[C@H]2C)cc(OC)c1OC. The Labute approximate surface area is 166 Å². The number of nitrogens with one attached hydrogen (secondary N) is 1. The van der Waals surface area contributed by atoms with Crippen molar-refractivity contribution in [1.82, 2.24) is 5.32 Å². The lowest BCUT2D eigenvalue weighted by molar-refractivity contribution is -0.148. The van der Waals surface area contributed by atoms with Gasteiger partial charge in [0.1, 0.15) is 0 Å². The van der Waals surface area contributed by atoms with Gasteiger partial charge in [0, 0.05) is 6.04 Å². The zero-order chi connectivity index (χ0) is 20.7. The highest BCUT2D eigenvalue weighted by atomic mass is 16.5. The number of esters is 1. The predicted octanol–water partition coefficient (Wildman–Crippen LogP) is 2.74. The Morgan fingerprint density at radius 2 is 1.68 bits per heavy atom. The Kier molecular flexibility index (Phi) is 7.96. The van der Waals surface area contributed by atoms with Crippen LogP contribution in [0.25, 0.3) is 0 Å². The maximum Gasteiger partial charge on any atom is 0.310 e. The first kappa shape index (κ1) is 21.9. The minimum atomic E-state index is -0.491. The first-order valence-electron chi connectivity index (χ1n) is 9.63. The number of methoxy groups -OCH3 is 3. The summed E-state index contributed by atoms with van der Waals surface area (Å²) in [6, 6.07) is 3.52. The van der Waals surface area contributed by atoms with E-state index in [4.69, 9.17) is 18.9 Å². The third-order valence-electron chi connectivity index (χ3n) is 5.49. The van der Waals surface area contributed by atoms with E-state index in [1.807, 2.05) is 0 Å². The molecule has 0 spiro atoms. The van der Waals surface area contributed by atoms with E-state index in [0.29, 0.717) is 34.6 Å². The lowest BCUT2D eigenvalue weighted by Gasteiger charge is -2.34. The number of amides is 1. The molecule has 1 amide bonds. The van der Waals surface area contributed by atoms with Crippen molar-refractivity contribution in [1.29, 1.82) is 0 Å². The second-order valence-electron chi connectivity index (χ2n) is 7.31. The zero-order valence-electron chi connectivity index (χ0n) is 17.4. The molecular formula is C21H31NO6. The molecule has 0 heterocycles. The molecule has 1 N–H and O–H groups in total. The normalized spacial score (nSPS) is 21.5. The molecule has 7 heteroatoms. The first-order chi connectivity index (χ1) is 13.4. The molecule has 156 valence electrons. The average molecular weight is 393 g/mol. The lowest BCUT2D eigenvalue weighted by atomic mass is 9.78. The van der Waals surface area contributed by atoms with Crippen molar-refractivity contribution >= 4 is 11.9 Å². The molecule has 1 aromatic carbocycles. The molecule has 7 nitrogen and oxygen atoms in total. The van der Waals surface area contributed by atoms with Crippen LogP contribution in [0.1, 0.15) is 38.7 Å². The molecular weight excluding hydrogens is 362 g/mol. The van der Waals surface area contributed by atoms with E-state index >= 15 is 0 Å². The van der Waals surface area contributed by atoms with Gasteiger partial charge in [-0.25, -0.2) is 0 Å². The van der Waals surface area contributed by atoms with Gasteiger partial charge in [-0.3, -0.25) is 9.59 Å². The minimum absolute atomic E-state index is 0.000853. The Balaban J connectivity index is 1.89. The van der Waals surface area contributed by atoms with Gasteiger partial charge in [-0.05, 0) is 36.0 Å². The van der Waals surface area contributed by atoms with Gasteiger partial charge in [-0.2, -0.15) is 0 Å². The van der Waals surface area contributed by atoms with Crippen LogP contribution in [0.5, 0.6) is 17.2 Å². The summed E-state index contributed by atoms with van der Waals surface area (Å²) < 4.78 is 21.0. The van der Waals surface area contributed by atoms with Gasteiger partial charge in [0.05, 0.1) is 27.8 Å². The highest BCUT2D eigenvalue weighted by Gasteiger charge is 2.28. The molecule has 1 fully saturated rings. The van der Waals surface area contributed by atoms with Crippen LogP contribution in [-0.2, 0) is 20.7 Å². The molecule has 1 aliphatic carbocycles. The highest BCUT2D eigenvalue weighted by Crippen LogP contribution is 2.38. The van der Waals surface area contributed by atoms with Crippen molar-refractivity contribution in [3.63, 3.8) is 0 Å². The van der Waals surface area contributed by atoms with E-state index in [2.05, 4.69) is 19.2 Å². The van der Waals surface area contributed by atoms with Gasteiger partial charge in [-0.15, -0.1) is 0 Å². The van der Waals surface area contributed by atoms with Gasteiger partial charge >= 0.3 is 5.97 Å². The van der Waals surface area contributed by atoms with Crippen molar-refractivity contribution in [2.45, 2.75) is 45.6 Å². The van der Waals surface area contributed by atoms with Gasteiger partial charge in [0.25, 0.3) is 5.91 Å². The average Bonchev–Trinajstić information content (AvgIpc) is 2.69. The Bertz CT molecular complexity index is 664. The van der Waals surface area contributed by atoms with Crippen LogP contribution >= 0.6 is 0 Å². The standard InChI is InChI=1S/C21H31NO6/c1-13-7-6-8-16(14(13)2)22-19(23)12-28-20(24)11-15-9-17(25-3)21(27-5)18(10-15)26-4/h9-10,13-14,16H,6-8,11-12H2,1-5H3,(H,22,23)/t13-,14-,16-/m1/s1. The maximum atomic E-state index is 12.2. The highest BCUT2D eigenvalue weighted by molar-refractivity contribution is 5.81. The van der Waals surface area contributed by atoms with Crippen molar-refractivity contribution in [2.75, 3.05) is 27.9 Å². The number of hydrogen-bond donors (Lipinski definition) is 1. The summed E-state index contributed by atoms with van der Waals surface area (Å²) >= 11 is 0. The number of carbonyl (C=O) groups is 2. The first-order valence-corrected chi connectivity index (χ1v) is 9.63. The van der Waals surface area contributed by atoms with Crippen molar-refractivity contribution in [3.05, 3.63) is 17.7 Å². The van der Waals surface area contributed by atoms with Crippen LogP contribution in [-0.4, -0.2) is 45.9 Å². The van der Waals surface area contributed by atoms with Crippen LogP contribution < -0.4 is 19.5 Å². The minimum Gasteiger partial charge on any atom is -0.493 e. The summed E-state index contributed by atoms with van der Waals surface area (Å²) in [6.07, 6.45) is 3.27. The van der Waals surface area contributed by atoms with Crippen LogP contribution in [0.4, 0.5) is 0 Å². The topological polar surface area (TPSA) is 83.1 Å². The lowest BCUT2D eigenvalue weighted by Crippen LogP contribution is -2.45. The van der Waals surface area contributed by atoms with E-state index in [1.165, 1.54) is 27.8 Å². The van der Waals surface area contributed by atoms with E-state index in [9.17, 15) is 9.59 Å². The second-order valence-corrected chi connectivity index (χ2v) is 7.31. The molecule has 3 atom stereocenters. The molecule has 1 aliphatic rings. The van der Waals surface area contributed by atoms with E-state index in [1.54, 1.807) is 12.1 Å². The number of rotatable bonds is 8. The Morgan fingerprint density at radius 1 is 1.04 bits per heavy atom. The summed E-state index contributed by atoms with van der Waals surface area (Å²) in [4.78, 5) is 24.3. The van der Waals surface area contributed by atoms with Crippen molar-refractivity contribution < 1.29 is 28.5 Å². The van der Waals surface area contributed by atoms with E-state index in [0.717, 1.165) is 12.8 Å². The van der Waals surface area contributed by atoms with Crippen molar-refractivity contribution in [2.24, 2.45) is 11.8 Å².